The second-order valence-corrected chi connectivity index (χ2v) is 9.80. The number of cyclic esters (lactones) is 1. The number of methoxy groups -OCH3 is 1. The number of aliphatic carboxylic acids is 1. The van der Waals surface area contributed by atoms with E-state index in [-0.39, 0.29) is 17.7 Å². The van der Waals surface area contributed by atoms with Crippen LogP contribution in [0.25, 0.3) is 11.1 Å². The SMILES string of the molecule is COc1ccc(F)c(-c2ccc([C@H]3Cc4cc([C@H](C5CC5)[C@H](C)C(=O)C(=O)O)ccc4C(=O)O3)cc2)c1. The third-order valence-electron chi connectivity index (χ3n) is 7.45. The Morgan fingerprint density at radius 2 is 1.76 bits per heavy atom. The number of fused-ring (bicyclic) bond motifs is 1. The van der Waals surface area contributed by atoms with Crippen LogP contribution in [0.3, 0.4) is 0 Å². The molecule has 7 heteroatoms. The van der Waals surface area contributed by atoms with Crippen LogP contribution in [0, 0.1) is 17.7 Å². The summed E-state index contributed by atoms with van der Waals surface area (Å²) < 4.78 is 25.3. The van der Waals surface area contributed by atoms with Crippen molar-refractivity contribution in [1.82, 2.24) is 0 Å². The molecule has 0 unspecified atom stereocenters. The molecule has 5 rings (SSSR count). The molecule has 1 aliphatic heterocycles. The Morgan fingerprint density at radius 1 is 1.03 bits per heavy atom. The zero-order chi connectivity index (χ0) is 26.3. The zero-order valence-corrected chi connectivity index (χ0v) is 20.6. The van der Waals surface area contributed by atoms with Gasteiger partial charge in [-0.1, -0.05) is 43.3 Å². The van der Waals surface area contributed by atoms with Crippen molar-refractivity contribution in [2.45, 2.75) is 38.2 Å². The van der Waals surface area contributed by atoms with E-state index in [2.05, 4.69) is 0 Å². The van der Waals surface area contributed by atoms with Crippen LogP contribution < -0.4 is 4.74 Å². The van der Waals surface area contributed by atoms with Crippen LogP contribution in [-0.2, 0) is 20.7 Å². The average molecular weight is 503 g/mol. The summed E-state index contributed by atoms with van der Waals surface area (Å²) in [5.74, 6) is -3.05. The number of carboxylic acids is 1. The van der Waals surface area contributed by atoms with E-state index in [0.717, 1.165) is 29.5 Å². The van der Waals surface area contributed by atoms with Crippen LogP contribution in [-0.4, -0.2) is 29.9 Å². The Labute approximate surface area is 214 Å². The van der Waals surface area contributed by atoms with Gasteiger partial charge in [-0.25, -0.2) is 14.0 Å². The number of carboxylic acid groups (broad SMARTS) is 1. The predicted molar refractivity (Wildman–Crippen MR) is 134 cm³/mol. The fourth-order valence-corrected chi connectivity index (χ4v) is 5.32. The molecule has 1 heterocycles. The number of ketones is 1. The maximum absolute atomic E-state index is 14.4. The van der Waals surface area contributed by atoms with Gasteiger partial charge in [-0.3, -0.25) is 4.79 Å². The molecule has 1 saturated carbocycles. The number of esters is 1. The molecule has 0 aromatic heterocycles. The minimum absolute atomic E-state index is 0.206. The van der Waals surface area contributed by atoms with Crippen LogP contribution in [0.2, 0.25) is 0 Å². The lowest BCUT2D eigenvalue weighted by Crippen LogP contribution is -2.28. The van der Waals surface area contributed by atoms with Crippen molar-refractivity contribution in [2.75, 3.05) is 7.11 Å². The van der Waals surface area contributed by atoms with Crippen molar-refractivity contribution in [1.29, 1.82) is 0 Å². The van der Waals surface area contributed by atoms with E-state index < -0.39 is 29.7 Å². The number of ether oxygens (including phenoxy) is 2. The first-order valence-electron chi connectivity index (χ1n) is 12.3. The molecule has 2 aliphatic rings. The van der Waals surface area contributed by atoms with Gasteiger partial charge < -0.3 is 14.6 Å². The second kappa shape index (κ2) is 9.81. The van der Waals surface area contributed by atoms with Crippen molar-refractivity contribution in [3.8, 4) is 16.9 Å². The highest BCUT2D eigenvalue weighted by Gasteiger charge is 2.41. The molecule has 1 aliphatic carbocycles. The minimum atomic E-state index is -1.42. The first-order chi connectivity index (χ1) is 17.8. The van der Waals surface area contributed by atoms with E-state index in [1.807, 2.05) is 24.3 Å². The molecule has 3 aromatic carbocycles. The monoisotopic (exact) mass is 502 g/mol. The lowest BCUT2D eigenvalue weighted by Gasteiger charge is -2.28. The molecule has 6 nitrogen and oxygen atoms in total. The van der Waals surface area contributed by atoms with Crippen molar-refractivity contribution in [3.05, 3.63) is 88.7 Å². The lowest BCUT2D eigenvalue weighted by atomic mass is 9.79. The first-order valence-corrected chi connectivity index (χ1v) is 12.3. The van der Waals surface area contributed by atoms with Crippen molar-refractivity contribution >= 4 is 17.7 Å². The number of hydrogen-bond donors (Lipinski definition) is 1. The molecule has 0 saturated heterocycles. The Hall–Kier alpha value is -4.00. The summed E-state index contributed by atoms with van der Waals surface area (Å²) in [7, 11) is 1.53. The molecule has 1 N–H and O–H groups in total. The van der Waals surface area contributed by atoms with Gasteiger partial charge in [-0.2, -0.15) is 0 Å². The van der Waals surface area contributed by atoms with Gasteiger partial charge in [0.15, 0.2) is 0 Å². The van der Waals surface area contributed by atoms with E-state index in [9.17, 15) is 23.9 Å². The normalized spacial score (nSPS) is 18.4. The Morgan fingerprint density at radius 3 is 2.41 bits per heavy atom. The third kappa shape index (κ3) is 4.86. The van der Waals surface area contributed by atoms with Crippen LogP contribution in [0.1, 0.15) is 58.8 Å². The maximum atomic E-state index is 14.4. The molecule has 37 heavy (non-hydrogen) atoms. The number of benzene rings is 3. The summed E-state index contributed by atoms with van der Waals surface area (Å²) in [6, 6.07) is 17.2. The smallest absolute Gasteiger partial charge is 0.372 e. The van der Waals surface area contributed by atoms with Crippen LogP contribution in [0.4, 0.5) is 4.39 Å². The summed E-state index contributed by atoms with van der Waals surface area (Å²) in [4.78, 5) is 36.4. The number of rotatable bonds is 8. The Kier molecular flexibility index (Phi) is 6.54. The molecule has 3 aromatic rings. The molecule has 1 fully saturated rings. The van der Waals surface area contributed by atoms with Crippen molar-refractivity contribution < 1.29 is 33.4 Å². The summed E-state index contributed by atoms with van der Waals surface area (Å²) in [6.45, 7) is 1.67. The van der Waals surface area contributed by atoms with E-state index >= 15 is 0 Å². The topological polar surface area (TPSA) is 89.9 Å². The minimum Gasteiger partial charge on any atom is -0.497 e. The molecule has 0 bridgehead atoms. The maximum Gasteiger partial charge on any atom is 0.372 e. The lowest BCUT2D eigenvalue weighted by molar-refractivity contribution is -0.151. The number of Topliss-reactive ketones (excluding diaryl/α,β-unsaturated/α-hetero) is 1. The van der Waals surface area contributed by atoms with Gasteiger partial charge in [-0.05, 0) is 71.2 Å². The Bertz CT molecular complexity index is 1380. The summed E-state index contributed by atoms with van der Waals surface area (Å²) in [5.41, 5.74) is 4.03. The van der Waals surface area contributed by atoms with Gasteiger partial charge in [0.1, 0.15) is 17.7 Å². The number of hydrogen-bond acceptors (Lipinski definition) is 5. The molecule has 0 spiro atoms. The first kappa shape index (κ1) is 24.7. The summed E-state index contributed by atoms with van der Waals surface area (Å²) >= 11 is 0. The van der Waals surface area contributed by atoms with E-state index in [1.54, 1.807) is 37.3 Å². The van der Waals surface area contributed by atoms with E-state index in [4.69, 9.17) is 9.47 Å². The number of carbonyl (C=O) groups excluding carboxylic acids is 2. The Balaban J connectivity index is 1.41. The van der Waals surface area contributed by atoms with Gasteiger partial charge in [0, 0.05) is 17.9 Å². The molecule has 190 valence electrons. The molecular weight excluding hydrogens is 475 g/mol. The van der Waals surface area contributed by atoms with Crippen LogP contribution in [0.15, 0.2) is 60.7 Å². The van der Waals surface area contributed by atoms with Gasteiger partial charge in [0.05, 0.1) is 12.7 Å². The van der Waals surface area contributed by atoms with Crippen LogP contribution >= 0.6 is 0 Å². The molecule has 0 radical (unpaired) electrons. The van der Waals surface area contributed by atoms with E-state index in [0.29, 0.717) is 28.9 Å². The third-order valence-corrected chi connectivity index (χ3v) is 7.45. The molecule has 0 amide bonds. The zero-order valence-electron chi connectivity index (χ0n) is 20.6. The summed E-state index contributed by atoms with van der Waals surface area (Å²) in [6.07, 6.45) is 1.82. The second-order valence-electron chi connectivity index (χ2n) is 9.80. The van der Waals surface area contributed by atoms with Crippen molar-refractivity contribution in [3.63, 3.8) is 0 Å². The van der Waals surface area contributed by atoms with Crippen LogP contribution in [0.5, 0.6) is 5.75 Å². The standard InChI is InChI=1S/C30H27FO6/c1-16(28(32)29(33)34)27(19-7-8-19)20-9-11-23-21(13-20)14-26(37-30(23)35)18-5-3-17(4-6-18)24-15-22(36-2)10-12-25(24)31/h3-6,9-13,15-16,19,26-27H,7-8,14H2,1-2H3,(H,33,34)/t16-,26+,27-/m0/s1. The molecular formula is C30H27FO6. The van der Waals surface area contributed by atoms with Gasteiger partial charge in [0.25, 0.3) is 0 Å². The highest BCUT2D eigenvalue weighted by atomic mass is 19.1. The van der Waals surface area contributed by atoms with Gasteiger partial charge in [-0.15, -0.1) is 0 Å². The van der Waals surface area contributed by atoms with Crippen molar-refractivity contribution in [2.24, 2.45) is 11.8 Å². The fourth-order valence-electron chi connectivity index (χ4n) is 5.32. The largest absolute Gasteiger partial charge is 0.497 e. The summed E-state index contributed by atoms with van der Waals surface area (Å²) in [5, 5.41) is 9.23. The number of carbonyl (C=O) groups is 3. The molecule has 3 atom stereocenters. The predicted octanol–water partition coefficient (Wildman–Crippen LogP) is 5.74. The fraction of sp³-hybridized carbons (Fsp3) is 0.300. The van der Waals surface area contributed by atoms with Gasteiger partial charge >= 0.3 is 11.9 Å². The quantitative estimate of drug-likeness (QED) is 0.312. The highest BCUT2D eigenvalue weighted by Crippen LogP contribution is 2.47. The number of halogens is 1. The average Bonchev–Trinajstić information content (AvgIpc) is 3.73. The van der Waals surface area contributed by atoms with E-state index in [1.165, 1.54) is 13.2 Å². The highest BCUT2D eigenvalue weighted by molar-refractivity contribution is 6.33. The van der Waals surface area contributed by atoms with Gasteiger partial charge in [0.2, 0.25) is 5.78 Å².